The summed E-state index contributed by atoms with van der Waals surface area (Å²) in [6.07, 6.45) is 3.16. The fourth-order valence-electron chi connectivity index (χ4n) is 1.15. The van der Waals surface area contributed by atoms with Crippen LogP contribution in [0.5, 0.6) is 0 Å². The maximum Gasteiger partial charge on any atom is 0.271 e. The number of rotatable bonds is 4. The van der Waals surface area contributed by atoms with E-state index in [1.807, 2.05) is 0 Å². The van der Waals surface area contributed by atoms with Crippen molar-refractivity contribution in [3.63, 3.8) is 0 Å². The normalized spacial score (nSPS) is 10.2. The minimum atomic E-state index is -0.311. The van der Waals surface area contributed by atoms with Crippen LogP contribution in [0.3, 0.4) is 0 Å². The van der Waals surface area contributed by atoms with Gasteiger partial charge in [-0.3, -0.25) is 9.89 Å². The van der Waals surface area contributed by atoms with Gasteiger partial charge in [0.25, 0.3) is 5.91 Å². The molecule has 0 spiro atoms. The summed E-state index contributed by atoms with van der Waals surface area (Å²) < 4.78 is 4.77. The van der Waals surface area contributed by atoms with Crippen molar-refractivity contribution in [2.24, 2.45) is 0 Å². The second-order valence-electron chi connectivity index (χ2n) is 3.04. The van der Waals surface area contributed by atoms with Crippen molar-refractivity contribution in [2.45, 2.75) is 6.42 Å². The first-order valence-corrected chi connectivity index (χ1v) is 4.60. The number of H-pyrrole nitrogens is 1. The Balaban J connectivity index is 1.83. The summed E-state index contributed by atoms with van der Waals surface area (Å²) in [6.45, 7) is 0.388. The number of anilines is 1. The Hall–Kier alpha value is -2.38. The summed E-state index contributed by atoms with van der Waals surface area (Å²) >= 11 is 0. The number of aromatic nitrogens is 4. The minimum absolute atomic E-state index is 0.255. The van der Waals surface area contributed by atoms with Gasteiger partial charge < -0.3 is 15.6 Å². The number of nitrogens with two attached hydrogens (primary N) is 1. The molecule has 0 aliphatic carbocycles. The zero-order valence-corrected chi connectivity index (χ0v) is 8.30. The summed E-state index contributed by atoms with van der Waals surface area (Å²) in [7, 11) is 0. The van der Waals surface area contributed by atoms with Crippen molar-refractivity contribution >= 4 is 11.6 Å². The second kappa shape index (κ2) is 4.43. The first kappa shape index (κ1) is 10.1. The molecule has 2 heterocycles. The monoisotopic (exact) mass is 222 g/mol. The third-order valence-electron chi connectivity index (χ3n) is 1.93. The molecule has 2 aromatic rings. The fraction of sp³-hybridized carbons (Fsp3) is 0.250. The number of carbonyl (C=O) groups is 1. The molecule has 16 heavy (non-hydrogen) atoms. The predicted octanol–water partition coefficient (Wildman–Crippen LogP) is -0.653. The van der Waals surface area contributed by atoms with Crippen LogP contribution in [0.1, 0.15) is 16.4 Å². The lowest BCUT2D eigenvalue weighted by atomic mass is 10.3. The van der Waals surface area contributed by atoms with Crippen LogP contribution in [0.2, 0.25) is 0 Å². The molecule has 4 N–H and O–H groups in total. The van der Waals surface area contributed by atoms with Gasteiger partial charge in [-0.1, -0.05) is 5.16 Å². The van der Waals surface area contributed by atoms with Gasteiger partial charge in [-0.25, -0.2) is 0 Å². The second-order valence-corrected chi connectivity index (χ2v) is 3.04. The van der Waals surface area contributed by atoms with E-state index in [-0.39, 0.29) is 11.6 Å². The average molecular weight is 222 g/mol. The molecule has 0 unspecified atom stereocenters. The van der Waals surface area contributed by atoms with Crippen LogP contribution in [0.25, 0.3) is 0 Å². The van der Waals surface area contributed by atoms with Gasteiger partial charge in [-0.05, 0) is 0 Å². The highest BCUT2D eigenvalue weighted by molar-refractivity contribution is 5.96. The van der Waals surface area contributed by atoms with Crippen molar-refractivity contribution in [3.05, 3.63) is 24.1 Å². The fourth-order valence-corrected chi connectivity index (χ4v) is 1.15. The molecule has 0 atom stereocenters. The van der Waals surface area contributed by atoms with Gasteiger partial charge in [0.15, 0.2) is 6.33 Å². The van der Waals surface area contributed by atoms with Gasteiger partial charge in [0, 0.05) is 13.0 Å². The predicted molar refractivity (Wildman–Crippen MR) is 53.3 cm³/mol. The van der Waals surface area contributed by atoms with E-state index in [2.05, 4.69) is 25.7 Å². The number of nitrogens with one attached hydrogen (secondary N) is 2. The van der Waals surface area contributed by atoms with Gasteiger partial charge in [-0.2, -0.15) is 10.1 Å². The molecule has 8 nitrogen and oxygen atoms in total. The summed E-state index contributed by atoms with van der Waals surface area (Å²) in [5.41, 5.74) is 6.08. The zero-order valence-electron chi connectivity index (χ0n) is 8.30. The van der Waals surface area contributed by atoms with Crippen LogP contribution in [-0.2, 0) is 6.42 Å². The first-order valence-electron chi connectivity index (χ1n) is 4.60. The molecule has 0 radical (unpaired) electrons. The molecule has 0 aliphatic rings. The van der Waals surface area contributed by atoms with Gasteiger partial charge in [0.2, 0.25) is 5.89 Å². The smallest absolute Gasteiger partial charge is 0.271 e. The standard InChI is InChI=1S/C8H10N6O2/c9-5-3-12-14-7(5)8(15)10-2-1-6-11-4-13-16-6/h3-4H,1-2,9H2,(H,10,15)(H,12,14). The van der Waals surface area contributed by atoms with Crippen LogP contribution in [0, 0.1) is 0 Å². The maximum atomic E-state index is 11.5. The molecule has 84 valence electrons. The molecule has 0 bridgehead atoms. The quantitative estimate of drug-likeness (QED) is 0.631. The van der Waals surface area contributed by atoms with Gasteiger partial charge in [0.1, 0.15) is 5.69 Å². The SMILES string of the molecule is Nc1cn[nH]c1C(=O)NCCc1ncno1. The first-order chi connectivity index (χ1) is 7.77. The third kappa shape index (κ3) is 2.16. The van der Waals surface area contributed by atoms with Gasteiger partial charge in [0.05, 0.1) is 11.9 Å². The minimum Gasteiger partial charge on any atom is -0.396 e. The Morgan fingerprint density at radius 2 is 2.50 bits per heavy atom. The molecule has 0 saturated heterocycles. The van der Waals surface area contributed by atoms with Crippen molar-refractivity contribution in [2.75, 3.05) is 12.3 Å². The van der Waals surface area contributed by atoms with Crippen LogP contribution in [-0.4, -0.2) is 32.8 Å². The van der Waals surface area contributed by atoms with Crippen LogP contribution in [0.15, 0.2) is 17.0 Å². The van der Waals surface area contributed by atoms with E-state index in [0.29, 0.717) is 24.5 Å². The highest BCUT2D eigenvalue weighted by Gasteiger charge is 2.11. The molecular weight excluding hydrogens is 212 g/mol. The largest absolute Gasteiger partial charge is 0.396 e. The zero-order chi connectivity index (χ0) is 11.4. The van der Waals surface area contributed by atoms with Crippen molar-refractivity contribution in [1.29, 1.82) is 0 Å². The highest BCUT2D eigenvalue weighted by Crippen LogP contribution is 2.04. The van der Waals surface area contributed by atoms with Gasteiger partial charge >= 0.3 is 0 Å². The Morgan fingerprint density at radius 1 is 1.62 bits per heavy atom. The number of carbonyl (C=O) groups excluding carboxylic acids is 1. The molecule has 0 aromatic carbocycles. The maximum absolute atomic E-state index is 11.5. The Bertz CT molecular complexity index is 463. The van der Waals surface area contributed by atoms with E-state index < -0.39 is 0 Å². The number of amides is 1. The lowest BCUT2D eigenvalue weighted by molar-refractivity contribution is 0.0949. The van der Waals surface area contributed by atoms with E-state index in [4.69, 9.17) is 10.3 Å². The number of aromatic amines is 1. The summed E-state index contributed by atoms with van der Waals surface area (Å²) in [4.78, 5) is 15.3. The summed E-state index contributed by atoms with van der Waals surface area (Å²) in [5.74, 6) is 0.160. The molecule has 2 aromatic heterocycles. The highest BCUT2D eigenvalue weighted by atomic mass is 16.5. The molecule has 0 saturated carbocycles. The molecule has 8 heteroatoms. The Kier molecular flexibility index (Phi) is 2.81. The third-order valence-corrected chi connectivity index (χ3v) is 1.93. The number of nitrogen functional groups attached to an aromatic ring is 1. The van der Waals surface area contributed by atoms with E-state index in [9.17, 15) is 4.79 Å². The van der Waals surface area contributed by atoms with Crippen LogP contribution >= 0.6 is 0 Å². The summed E-state index contributed by atoms with van der Waals surface area (Å²) in [5, 5.41) is 12.3. The lowest BCUT2D eigenvalue weighted by Crippen LogP contribution is -2.26. The van der Waals surface area contributed by atoms with Crippen molar-refractivity contribution in [1.82, 2.24) is 25.7 Å². The van der Waals surface area contributed by atoms with Crippen molar-refractivity contribution < 1.29 is 9.32 Å². The molecule has 0 fully saturated rings. The van der Waals surface area contributed by atoms with Crippen LogP contribution in [0.4, 0.5) is 5.69 Å². The Morgan fingerprint density at radius 3 is 3.12 bits per heavy atom. The van der Waals surface area contributed by atoms with E-state index in [1.165, 1.54) is 12.5 Å². The topological polar surface area (TPSA) is 123 Å². The number of hydrogen-bond acceptors (Lipinski definition) is 6. The summed E-state index contributed by atoms with van der Waals surface area (Å²) in [6, 6.07) is 0. The number of nitrogens with zero attached hydrogens (tertiary/aromatic N) is 3. The van der Waals surface area contributed by atoms with Crippen LogP contribution < -0.4 is 11.1 Å². The van der Waals surface area contributed by atoms with E-state index in [0.717, 1.165) is 0 Å². The molecular formula is C8H10N6O2. The van der Waals surface area contributed by atoms with E-state index in [1.54, 1.807) is 0 Å². The lowest BCUT2D eigenvalue weighted by Gasteiger charge is -2.01. The average Bonchev–Trinajstić information content (AvgIpc) is 2.88. The molecule has 2 rings (SSSR count). The van der Waals surface area contributed by atoms with Gasteiger partial charge in [-0.15, -0.1) is 0 Å². The van der Waals surface area contributed by atoms with E-state index >= 15 is 0 Å². The Labute approximate surface area is 90.2 Å². The molecule has 0 aliphatic heterocycles. The number of hydrogen-bond donors (Lipinski definition) is 3. The molecule has 1 amide bonds. The van der Waals surface area contributed by atoms with Crippen molar-refractivity contribution in [3.8, 4) is 0 Å².